The number of hydrogen-bond acceptors (Lipinski definition) is 1. The fraction of sp³-hybridized carbons (Fsp3) is 0.750. The third-order valence-corrected chi connectivity index (χ3v) is 2.42. The molecular weight excluding hydrogens is 172 g/mol. The highest BCUT2D eigenvalue weighted by Crippen LogP contribution is 2.11. The van der Waals surface area contributed by atoms with Crippen LogP contribution >= 0.6 is 0 Å². The first-order valence-electron chi connectivity index (χ1n) is 5.63. The Kier molecular flexibility index (Phi) is 4.18. The molecule has 1 rings (SSSR count). The van der Waals surface area contributed by atoms with Crippen LogP contribution < -0.4 is 0 Å². The molecule has 0 saturated carbocycles. The van der Waals surface area contributed by atoms with Gasteiger partial charge in [-0.1, -0.05) is 27.7 Å². The van der Waals surface area contributed by atoms with E-state index in [4.69, 9.17) is 0 Å². The lowest BCUT2D eigenvalue weighted by molar-refractivity contribution is 0.486. The van der Waals surface area contributed by atoms with Crippen LogP contribution in [0.1, 0.15) is 52.1 Å². The first kappa shape index (κ1) is 11.3. The standard InChI is InChI=1S/C12H22N2/c1-10(2)6-5-8-14-9-7-12(13-14)11(3)4/h7,9-11H,5-6,8H2,1-4H3. The highest BCUT2D eigenvalue weighted by atomic mass is 15.3. The molecule has 0 aliphatic heterocycles. The van der Waals surface area contributed by atoms with Crippen LogP contribution in [0.25, 0.3) is 0 Å². The Morgan fingerprint density at radius 1 is 1.29 bits per heavy atom. The molecular formula is C12H22N2. The Labute approximate surface area is 87.3 Å². The Hall–Kier alpha value is -0.790. The number of aryl methyl sites for hydroxylation is 1. The Bertz CT molecular complexity index is 261. The van der Waals surface area contributed by atoms with E-state index in [9.17, 15) is 0 Å². The molecule has 0 aliphatic rings. The lowest BCUT2D eigenvalue weighted by Crippen LogP contribution is -2.01. The molecule has 0 amide bonds. The van der Waals surface area contributed by atoms with Crippen molar-refractivity contribution in [1.82, 2.24) is 9.78 Å². The third kappa shape index (κ3) is 3.52. The third-order valence-electron chi connectivity index (χ3n) is 2.42. The summed E-state index contributed by atoms with van der Waals surface area (Å²) >= 11 is 0. The SMILES string of the molecule is CC(C)CCCn1ccc(C(C)C)n1. The second-order valence-corrected chi connectivity index (χ2v) is 4.69. The van der Waals surface area contributed by atoms with E-state index in [1.165, 1.54) is 18.5 Å². The minimum Gasteiger partial charge on any atom is -0.272 e. The molecule has 0 spiro atoms. The molecule has 2 heteroatoms. The summed E-state index contributed by atoms with van der Waals surface area (Å²) in [6.45, 7) is 9.96. The van der Waals surface area contributed by atoms with Crippen molar-refractivity contribution < 1.29 is 0 Å². The molecule has 1 aromatic heterocycles. The van der Waals surface area contributed by atoms with Crippen LogP contribution in [0.5, 0.6) is 0 Å². The van der Waals surface area contributed by atoms with E-state index in [0.29, 0.717) is 5.92 Å². The number of rotatable bonds is 5. The van der Waals surface area contributed by atoms with Gasteiger partial charge in [-0.05, 0) is 30.7 Å². The summed E-state index contributed by atoms with van der Waals surface area (Å²) in [5.74, 6) is 1.34. The van der Waals surface area contributed by atoms with Gasteiger partial charge in [-0.2, -0.15) is 5.10 Å². The smallest absolute Gasteiger partial charge is 0.0649 e. The first-order valence-corrected chi connectivity index (χ1v) is 5.63. The van der Waals surface area contributed by atoms with Crippen molar-refractivity contribution in [2.45, 2.75) is 53.0 Å². The maximum absolute atomic E-state index is 4.52. The van der Waals surface area contributed by atoms with Gasteiger partial charge in [-0.15, -0.1) is 0 Å². The van der Waals surface area contributed by atoms with Gasteiger partial charge >= 0.3 is 0 Å². The summed E-state index contributed by atoms with van der Waals surface area (Å²) in [5, 5.41) is 4.52. The summed E-state index contributed by atoms with van der Waals surface area (Å²) in [6.07, 6.45) is 4.61. The number of nitrogens with zero attached hydrogens (tertiary/aromatic N) is 2. The highest BCUT2D eigenvalue weighted by molar-refractivity contribution is 5.03. The summed E-state index contributed by atoms with van der Waals surface area (Å²) in [4.78, 5) is 0. The van der Waals surface area contributed by atoms with Crippen LogP contribution in [0.3, 0.4) is 0 Å². The van der Waals surface area contributed by atoms with Gasteiger partial charge in [0.15, 0.2) is 0 Å². The second-order valence-electron chi connectivity index (χ2n) is 4.69. The van der Waals surface area contributed by atoms with E-state index in [0.717, 1.165) is 12.5 Å². The molecule has 80 valence electrons. The minimum absolute atomic E-state index is 0.543. The fourth-order valence-electron chi connectivity index (χ4n) is 1.47. The van der Waals surface area contributed by atoms with Crippen molar-refractivity contribution in [3.05, 3.63) is 18.0 Å². The summed E-state index contributed by atoms with van der Waals surface area (Å²) < 4.78 is 2.07. The van der Waals surface area contributed by atoms with Crippen molar-refractivity contribution in [1.29, 1.82) is 0 Å². The van der Waals surface area contributed by atoms with E-state index >= 15 is 0 Å². The van der Waals surface area contributed by atoms with Gasteiger partial charge in [0.05, 0.1) is 5.69 Å². The van der Waals surface area contributed by atoms with Crippen molar-refractivity contribution in [3.63, 3.8) is 0 Å². The van der Waals surface area contributed by atoms with Crippen LogP contribution in [0.4, 0.5) is 0 Å². The molecule has 0 saturated heterocycles. The molecule has 0 N–H and O–H groups in total. The molecule has 1 heterocycles. The van der Waals surface area contributed by atoms with Crippen LogP contribution in [-0.4, -0.2) is 9.78 Å². The predicted molar refractivity (Wildman–Crippen MR) is 60.4 cm³/mol. The van der Waals surface area contributed by atoms with E-state index in [2.05, 4.69) is 49.7 Å². The molecule has 0 aliphatic carbocycles. The topological polar surface area (TPSA) is 17.8 Å². The maximum atomic E-state index is 4.52. The van der Waals surface area contributed by atoms with Gasteiger partial charge in [0.2, 0.25) is 0 Å². The molecule has 1 aromatic rings. The molecule has 0 aromatic carbocycles. The van der Waals surface area contributed by atoms with Crippen LogP contribution in [-0.2, 0) is 6.54 Å². The molecule has 0 fully saturated rings. The van der Waals surface area contributed by atoms with E-state index in [-0.39, 0.29) is 0 Å². The largest absolute Gasteiger partial charge is 0.272 e. The van der Waals surface area contributed by atoms with Gasteiger partial charge in [0.25, 0.3) is 0 Å². The average molecular weight is 194 g/mol. The lowest BCUT2D eigenvalue weighted by Gasteiger charge is -2.04. The second kappa shape index (κ2) is 5.18. The van der Waals surface area contributed by atoms with Crippen LogP contribution in [0.2, 0.25) is 0 Å². The normalized spacial score (nSPS) is 11.6. The Morgan fingerprint density at radius 2 is 2.00 bits per heavy atom. The minimum atomic E-state index is 0.543. The van der Waals surface area contributed by atoms with Gasteiger partial charge < -0.3 is 0 Å². The predicted octanol–water partition coefficient (Wildman–Crippen LogP) is 3.44. The molecule has 0 atom stereocenters. The molecule has 0 bridgehead atoms. The summed E-state index contributed by atoms with van der Waals surface area (Å²) in [6, 6.07) is 2.13. The van der Waals surface area contributed by atoms with Gasteiger partial charge in [-0.25, -0.2) is 0 Å². The Balaban J connectivity index is 2.36. The monoisotopic (exact) mass is 194 g/mol. The quantitative estimate of drug-likeness (QED) is 0.702. The number of aromatic nitrogens is 2. The van der Waals surface area contributed by atoms with Crippen LogP contribution in [0, 0.1) is 5.92 Å². The fourth-order valence-corrected chi connectivity index (χ4v) is 1.47. The highest BCUT2D eigenvalue weighted by Gasteiger charge is 2.03. The molecule has 14 heavy (non-hydrogen) atoms. The van der Waals surface area contributed by atoms with Gasteiger partial charge in [0, 0.05) is 12.7 Å². The van der Waals surface area contributed by atoms with E-state index in [1.54, 1.807) is 0 Å². The zero-order chi connectivity index (χ0) is 10.6. The van der Waals surface area contributed by atoms with Gasteiger partial charge in [0.1, 0.15) is 0 Å². The van der Waals surface area contributed by atoms with Crippen molar-refractivity contribution in [2.75, 3.05) is 0 Å². The van der Waals surface area contributed by atoms with E-state index in [1.807, 2.05) is 0 Å². The summed E-state index contributed by atoms with van der Waals surface area (Å²) in [7, 11) is 0. The van der Waals surface area contributed by atoms with Crippen molar-refractivity contribution in [2.24, 2.45) is 5.92 Å². The van der Waals surface area contributed by atoms with Crippen molar-refractivity contribution >= 4 is 0 Å². The molecule has 2 nitrogen and oxygen atoms in total. The number of hydrogen-bond donors (Lipinski definition) is 0. The zero-order valence-corrected chi connectivity index (χ0v) is 9.83. The Morgan fingerprint density at radius 3 is 2.50 bits per heavy atom. The molecule has 0 unspecified atom stereocenters. The lowest BCUT2D eigenvalue weighted by atomic mass is 10.1. The average Bonchev–Trinajstić information content (AvgIpc) is 2.52. The zero-order valence-electron chi connectivity index (χ0n) is 9.83. The van der Waals surface area contributed by atoms with E-state index < -0.39 is 0 Å². The summed E-state index contributed by atoms with van der Waals surface area (Å²) in [5.41, 5.74) is 1.20. The van der Waals surface area contributed by atoms with Crippen LogP contribution in [0.15, 0.2) is 12.3 Å². The van der Waals surface area contributed by atoms with Gasteiger partial charge in [-0.3, -0.25) is 4.68 Å². The van der Waals surface area contributed by atoms with Crippen molar-refractivity contribution in [3.8, 4) is 0 Å². The molecule has 0 radical (unpaired) electrons. The maximum Gasteiger partial charge on any atom is 0.0649 e. The first-order chi connectivity index (χ1) is 6.59.